The molecular formula is C17H12FNO2. The number of carbonyl (C=O) groups is 1. The molecule has 3 rings (SSSR count). The first-order chi connectivity index (χ1) is 10.1. The predicted molar refractivity (Wildman–Crippen MR) is 78.1 cm³/mol. The van der Waals surface area contributed by atoms with Gasteiger partial charge in [0, 0.05) is 5.56 Å². The van der Waals surface area contributed by atoms with Crippen molar-refractivity contribution in [3.63, 3.8) is 0 Å². The summed E-state index contributed by atoms with van der Waals surface area (Å²) >= 11 is 0. The van der Waals surface area contributed by atoms with Crippen molar-refractivity contribution < 1.29 is 13.9 Å². The Balaban J connectivity index is 2.04. The standard InChI is InChI=1S/C17H12FNO2/c1-11(13-8-5-9-14(18)10-13)15-17(20)21-16(19-15)12-6-3-2-4-7-12/h2-10H,1H3/b15-11+. The van der Waals surface area contributed by atoms with Crippen LogP contribution in [-0.2, 0) is 9.53 Å². The van der Waals surface area contributed by atoms with Crippen molar-refractivity contribution in [1.82, 2.24) is 0 Å². The first kappa shape index (κ1) is 13.2. The van der Waals surface area contributed by atoms with E-state index in [-0.39, 0.29) is 17.4 Å². The van der Waals surface area contributed by atoms with E-state index in [4.69, 9.17) is 4.74 Å². The molecule has 0 N–H and O–H groups in total. The van der Waals surface area contributed by atoms with E-state index in [1.165, 1.54) is 12.1 Å². The van der Waals surface area contributed by atoms with Crippen molar-refractivity contribution in [1.29, 1.82) is 0 Å². The van der Waals surface area contributed by atoms with Crippen LogP contribution in [0.5, 0.6) is 0 Å². The maximum absolute atomic E-state index is 13.3. The normalized spacial score (nSPS) is 16.5. The molecule has 1 heterocycles. The van der Waals surface area contributed by atoms with Crippen molar-refractivity contribution in [2.75, 3.05) is 0 Å². The molecule has 0 aliphatic carbocycles. The lowest BCUT2D eigenvalue weighted by molar-refractivity contribution is -0.129. The number of allylic oxidation sites excluding steroid dienone is 1. The molecule has 0 bridgehead atoms. The lowest BCUT2D eigenvalue weighted by Crippen LogP contribution is -2.05. The molecular weight excluding hydrogens is 269 g/mol. The number of esters is 1. The van der Waals surface area contributed by atoms with Crippen LogP contribution in [0.25, 0.3) is 5.57 Å². The number of hydrogen-bond donors (Lipinski definition) is 0. The molecule has 0 fully saturated rings. The van der Waals surface area contributed by atoms with E-state index in [1.807, 2.05) is 30.3 Å². The number of rotatable bonds is 2. The number of carbonyl (C=O) groups excluding carboxylic acids is 1. The Labute approximate surface area is 121 Å². The maximum atomic E-state index is 13.3. The minimum atomic E-state index is -0.518. The fourth-order valence-electron chi connectivity index (χ4n) is 2.11. The van der Waals surface area contributed by atoms with E-state index in [0.29, 0.717) is 11.1 Å². The topological polar surface area (TPSA) is 38.7 Å². The highest BCUT2D eigenvalue weighted by Gasteiger charge is 2.26. The first-order valence-electron chi connectivity index (χ1n) is 6.48. The first-order valence-corrected chi connectivity index (χ1v) is 6.48. The third kappa shape index (κ3) is 2.60. The van der Waals surface area contributed by atoms with Gasteiger partial charge in [-0.2, -0.15) is 0 Å². The number of hydrogen-bond acceptors (Lipinski definition) is 3. The number of aliphatic imine (C=N–C) groups is 1. The van der Waals surface area contributed by atoms with Gasteiger partial charge in [0.1, 0.15) is 5.82 Å². The van der Waals surface area contributed by atoms with Crippen molar-refractivity contribution >= 4 is 17.4 Å². The van der Waals surface area contributed by atoms with E-state index in [0.717, 1.165) is 5.56 Å². The second-order valence-corrected chi connectivity index (χ2v) is 4.66. The highest BCUT2D eigenvalue weighted by atomic mass is 19.1. The molecule has 2 aromatic rings. The molecule has 0 atom stereocenters. The van der Waals surface area contributed by atoms with Gasteiger partial charge in [-0.25, -0.2) is 14.2 Å². The van der Waals surface area contributed by atoms with E-state index in [2.05, 4.69) is 4.99 Å². The average Bonchev–Trinajstić information content (AvgIpc) is 2.89. The Hall–Kier alpha value is -2.75. The molecule has 3 nitrogen and oxygen atoms in total. The molecule has 0 unspecified atom stereocenters. The smallest absolute Gasteiger partial charge is 0.364 e. The zero-order valence-corrected chi connectivity index (χ0v) is 11.3. The number of nitrogens with zero attached hydrogens (tertiary/aromatic N) is 1. The van der Waals surface area contributed by atoms with Gasteiger partial charge in [0.05, 0.1) is 0 Å². The minimum Gasteiger partial charge on any atom is -0.402 e. The molecule has 104 valence electrons. The van der Waals surface area contributed by atoms with Gasteiger partial charge in [-0.1, -0.05) is 30.3 Å². The number of ether oxygens (including phenoxy) is 1. The molecule has 0 saturated carbocycles. The third-order valence-corrected chi connectivity index (χ3v) is 3.23. The van der Waals surface area contributed by atoms with Crippen LogP contribution >= 0.6 is 0 Å². The molecule has 1 aliphatic heterocycles. The summed E-state index contributed by atoms with van der Waals surface area (Å²) in [5.41, 5.74) is 2.14. The summed E-state index contributed by atoms with van der Waals surface area (Å²) in [6, 6.07) is 15.2. The summed E-state index contributed by atoms with van der Waals surface area (Å²) < 4.78 is 18.5. The quantitative estimate of drug-likeness (QED) is 0.623. The monoisotopic (exact) mass is 281 g/mol. The molecule has 4 heteroatoms. The van der Waals surface area contributed by atoms with Gasteiger partial charge in [0.2, 0.25) is 5.90 Å². The summed E-state index contributed by atoms with van der Waals surface area (Å²) in [6.07, 6.45) is 0. The van der Waals surface area contributed by atoms with Crippen LogP contribution in [0.2, 0.25) is 0 Å². The highest BCUT2D eigenvalue weighted by molar-refractivity contribution is 6.14. The summed E-state index contributed by atoms with van der Waals surface area (Å²) in [7, 11) is 0. The molecule has 1 aliphatic rings. The highest BCUT2D eigenvalue weighted by Crippen LogP contribution is 2.25. The van der Waals surface area contributed by atoms with Gasteiger partial charge in [0.25, 0.3) is 0 Å². The Morgan fingerprint density at radius 2 is 1.86 bits per heavy atom. The van der Waals surface area contributed by atoms with E-state index in [1.54, 1.807) is 19.1 Å². The predicted octanol–water partition coefficient (Wildman–Crippen LogP) is 3.56. The summed E-state index contributed by atoms with van der Waals surface area (Å²) in [5, 5.41) is 0. The van der Waals surface area contributed by atoms with Crippen LogP contribution in [0.4, 0.5) is 4.39 Å². The zero-order chi connectivity index (χ0) is 14.8. The van der Waals surface area contributed by atoms with Crippen molar-refractivity contribution in [2.45, 2.75) is 6.92 Å². The van der Waals surface area contributed by atoms with Crippen molar-refractivity contribution in [3.05, 3.63) is 77.2 Å². The zero-order valence-electron chi connectivity index (χ0n) is 11.3. The molecule has 0 aromatic heterocycles. The molecule has 21 heavy (non-hydrogen) atoms. The molecule has 0 amide bonds. The van der Waals surface area contributed by atoms with Gasteiger partial charge in [-0.15, -0.1) is 0 Å². The van der Waals surface area contributed by atoms with Crippen LogP contribution in [0.1, 0.15) is 18.1 Å². The molecule has 0 saturated heterocycles. The van der Waals surface area contributed by atoms with Crippen LogP contribution < -0.4 is 0 Å². The van der Waals surface area contributed by atoms with Gasteiger partial charge < -0.3 is 4.74 Å². The fraction of sp³-hybridized carbons (Fsp3) is 0.0588. The lowest BCUT2D eigenvalue weighted by Gasteiger charge is -2.02. The SMILES string of the molecule is C/C(=C1\N=C(c2ccccc2)OC1=O)c1cccc(F)c1. The molecule has 2 aromatic carbocycles. The van der Waals surface area contributed by atoms with Gasteiger partial charge in [-0.05, 0) is 42.3 Å². The number of benzene rings is 2. The van der Waals surface area contributed by atoms with Gasteiger partial charge in [-0.3, -0.25) is 0 Å². The Kier molecular flexibility index (Phi) is 3.36. The molecule has 0 spiro atoms. The van der Waals surface area contributed by atoms with E-state index < -0.39 is 5.97 Å². The fourth-order valence-corrected chi connectivity index (χ4v) is 2.11. The van der Waals surface area contributed by atoms with Crippen molar-refractivity contribution in [2.24, 2.45) is 4.99 Å². The summed E-state index contributed by atoms with van der Waals surface area (Å²) in [5.74, 6) is -0.604. The molecule has 0 radical (unpaired) electrons. The second kappa shape index (κ2) is 5.32. The maximum Gasteiger partial charge on any atom is 0.364 e. The third-order valence-electron chi connectivity index (χ3n) is 3.23. The number of halogens is 1. The lowest BCUT2D eigenvalue weighted by atomic mass is 10.1. The summed E-state index contributed by atoms with van der Waals surface area (Å²) in [4.78, 5) is 16.2. The minimum absolute atomic E-state index is 0.208. The van der Waals surface area contributed by atoms with Crippen molar-refractivity contribution in [3.8, 4) is 0 Å². The Bertz CT molecular complexity index is 763. The largest absolute Gasteiger partial charge is 0.402 e. The Morgan fingerprint density at radius 3 is 2.57 bits per heavy atom. The van der Waals surface area contributed by atoms with Crippen LogP contribution in [-0.4, -0.2) is 11.9 Å². The number of cyclic esters (lactones) is 1. The van der Waals surface area contributed by atoms with Gasteiger partial charge >= 0.3 is 5.97 Å². The van der Waals surface area contributed by atoms with Gasteiger partial charge in [0.15, 0.2) is 5.70 Å². The van der Waals surface area contributed by atoms with E-state index in [9.17, 15) is 9.18 Å². The average molecular weight is 281 g/mol. The van der Waals surface area contributed by atoms with E-state index >= 15 is 0 Å². The second-order valence-electron chi connectivity index (χ2n) is 4.66. The Morgan fingerprint density at radius 1 is 1.10 bits per heavy atom. The van der Waals surface area contributed by atoms with Crippen LogP contribution in [0.3, 0.4) is 0 Å². The van der Waals surface area contributed by atoms with Crippen LogP contribution in [0, 0.1) is 5.82 Å². The van der Waals surface area contributed by atoms with Crippen LogP contribution in [0.15, 0.2) is 65.3 Å². The summed E-state index contributed by atoms with van der Waals surface area (Å²) in [6.45, 7) is 1.72.